The van der Waals surface area contributed by atoms with Crippen LogP contribution in [0.3, 0.4) is 0 Å². The molecule has 1 aromatic heterocycles. The zero-order valence-electron chi connectivity index (χ0n) is 7.28. The Morgan fingerprint density at radius 2 is 2.31 bits per heavy atom. The van der Waals surface area contributed by atoms with E-state index in [2.05, 4.69) is 4.98 Å². The molecule has 0 spiro atoms. The van der Waals surface area contributed by atoms with Crippen LogP contribution in [0, 0.1) is 10.6 Å². The van der Waals surface area contributed by atoms with Gasteiger partial charge in [0.15, 0.2) is 0 Å². The fourth-order valence-corrected chi connectivity index (χ4v) is 1.76. The minimum Gasteiger partial charge on any atom is -0.461 e. The minimum atomic E-state index is -0.357. The van der Waals surface area contributed by atoms with E-state index in [-0.39, 0.29) is 5.97 Å². The molecular formula is C8H9ClINO2. The van der Waals surface area contributed by atoms with E-state index in [1.165, 1.54) is 0 Å². The Labute approximate surface area is 94.9 Å². The van der Waals surface area contributed by atoms with Crippen molar-refractivity contribution in [1.29, 1.82) is 0 Å². The Kier molecular flexibility index (Phi) is 3.61. The van der Waals surface area contributed by atoms with Gasteiger partial charge in [-0.15, -0.1) is 0 Å². The van der Waals surface area contributed by atoms with Crippen LogP contribution < -0.4 is 0 Å². The van der Waals surface area contributed by atoms with Crippen LogP contribution in [0.4, 0.5) is 0 Å². The summed E-state index contributed by atoms with van der Waals surface area (Å²) >= 11 is 7.93. The summed E-state index contributed by atoms with van der Waals surface area (Å²) in [6.07, 6.45) is 0. The first-order chi connectivity index (χ1) is 6.07. The number of carbonyl (C=O) groups excluding carboxylic acids is 1. The molecule has 0 fully saturated rings. The Hall–Kier alpha value is -0.230. The van der Waals surface area contributed by atoms with Crippen molar-refractivity contribution in [1.82, 2.24) is 4.98 Å². The molecule has 0 saturated carbocycles. The molecule has 3 nitrogen and oxygen atoms in total. The summed E-state index contributed by atoms with van der Waals surface area (Å²) < 4.78 is 5.61. The average molecular weight is 314 g/mol. The zero-order valence-corrected chi connectivity index (χ0v) is 10.2. The molecule has 0 aliphatic rings. The highest BCUT2D eigenvalue weighted by Crippen LogP contribution is 2.25. The molecule has 72 valence electrons. The predicted octanol–water partition coefficient (Wildman–Crippen LogP) is 2.76. The highest BCUT2D eigenvalue weighted by Gasteiger charge is 2.17. The summed E-state index contributed by atoms with van der Waals surface area (Å²) in [4.78, 5) is 14.2. The number of aromatic nitrogens is 1. The molecule has 0 unspecified atom stereocenters. The van der Waals surface area contributed by atoms with Crippen LogP contribution in [0.25, 0.3) is 0 Å². The Morgan fingerprint density at radius 3 is 2.69 bits per heavy atom. The molecule has 0 aliphatic carbocycles. The van der Waals surface area contributed by atoms with E-state index < -0.39 is 0 Å². The average Bonchev–Trinajstić information content (AvgIpc) is 2.33. The molecule has 0 aliphatic heterocycles. The van der Waals surface area contributed by atoms with Crippen molar-refractivity contribution in [2.45, 2.75) is 13.8 Å². The number of H-pyrrole nitrogens is 1. The van der Waals surface area contributed by atoms with Crippen LogP contribution in [-0.4, -0.2) is 17.6 Å². The van der Waals surface area contributed by atoms with E-state index in [9.17, 15) is 4.79 Å². The molecule has 1 aromatic rings. The largest absolute Gasteiger partial charge is 0.461 e. The molecule has 0 bridgehead atoms. The second-order valence-corrected chi connectivity index (χ2v) is 3.93. The van der Waals surface area contributed by atoms with E-state index in [0.29, 0.717) is 17.3 Å². The summed E-state index contributed by atoms with van der Waals surface area (Å²) in [5.74, 6) is -0.357. The van der Waals surface area contributed by atoms with Crippen molar-refractivity contribution < 1.29 is 9.53 Å². The topological polar surface area (TPSA) is 42.1 Å². The summed E-state index contributed by atoms with van der Waals surface area (Å²) in [7, 11) is 0. The lowest BCUT2D eigenvalue weighted by molar-refractivity contribution is 0.0519. The maximum Gasteiger partial charge on any atom is 0.355 e. The number of aromatic amines is 1. The standard InChI is InChI=1S/C8H9ClINO2/c1-3-13-8(12)6-4(2)5(9)7(10)11-6/h11H,3H2,1-2H3. The summed E-state index contributed by atoms with van der Waals surface area (Å²) in [6, 6.07) is 0. The van der Waals surface area contributed by atoms with Gasteiger partial charge in [-0.05, 0) is 36.4 Å². The van der Waals surface area contributed by atoms with Gasteiger partial charge in [-0.1, -0.05) is 11.6 Å². The number of carbonyl (C=O) groups is 1. The molecule has 13 heavy (non-hydrogen) atoms. The normalized spacial score (nSPS) is 10.2. The smallest absolute Gasteiger partial charge is 0.355 e. The van der Waals surface area contributed by atoms with Crippen molar-refractivity contribution in [2.24, 2.45) is 0 Å². The summed E-state index contributed by atoms with van der Waals surface area (Å²) in [5, 5.41) is 0.587. The third-order valence-electron chi connectivity index (χ3n) is 1.61. The monoisotopic (exact) mass is 313 g/mol. The van der Waals surface area contributed by atoms with E-state index in [0.717, 1.165) is 9.26 Å². The van der Waals surface area contributed by atoms with Crippen LogP contribution in [0.1, 0.15) is 23.0 Å². The highest BCUT2D eigenvalue weighted by molar-refractivity contribution is 14.1. The fraction of sp³-hybridized carbons (Fsp3) is 0.375. The number of halogens is 2. The van der Waals surface area contributed by atoms with Crippen molar-refractivity contribution in [3.63, 3.8) is 0 Å². The van der Waals surface area contributed by atoms with Gasteiger partial charge < -0.3 is 9.72 Å². The Bertz CT molecular complexity index is 335. The highest BCUT2D eigenvalue weighted by atomic mass is 127. The fourth-order valence-electron chi connectivity index (χ4n) is 0.940. The van der Waals surface area contributed by atoms with Gasteiger partial charge in [0.2, 0.25) is 0 Å². The van der Waals surface area contributed by atoms with Gasteiger partial charge in [0, 0.05) is 5.56 Å². The van der Waals surface area contributed by atoms with Gasteiger partial charge >= 0.3 is 5.97 Å². The first-order valence-electron chi connectivity index (χ1n) is 3.78. The van der Waals surface area contributed by atoms with Crippen LogP contribution in [-0.2, 0) is 4.74 Å². The lowest BCUT2D eigenvalue weighted by Crippen LogP contribution is -2.06. The molecule has 0 aromatic carbocycles. The number of nitrogens with one attached hydrogen (secondary N) is 1. The number of ether oxygens (including phenoxy) is 1. The summed E-state index contributed by atoms with van der Waals surface area (Å²) in [6.45, 7) is 3.92. The third kappa shape index (κ3) is 2.17. The molecular weight excluding hydrogens is 304 g/mol. The van der Waals surface area contributed by atoms with Gasteiger partial charge in [0.1, 0.15) is 5.69 Å². The molecule has 5 heteroatoms. The minimum absolute atomic E-state index is 0.357. The second-order valence-electron chi connectivity index (χ2n) is 2.47. The zero-order chi connectivity index (χ0) is 10.0. The van der Waals surface area contributed by atoms with E-state index >= 15 is 0 Å². The van der Waals surface area contributed by atoms with E-state index in [4.69, 9.17) is 16.3 Å². The van der Waals surface area contributed by atoms with Gasteiger partial charge in [0.25, 0.3) is 0 Å². The maximum absolute atomic E-state index is 11.3. The second kappa shape index (κ2) is 4.32. The van der Waals surface area contributed by atoms with E-state index in [1.807, 2.05) is 22.6 Å². The molecule has 1 N–H and O–H groups in total. The lowest BCUT2D eigenvalue weighted by Gasteiger charge is -1.99. The van der Waals surface area contributed by atoms with Crippen LogP contribution in [0.5, 0.6) is 0 Å². The van der Waals surface area contributed by atoms with Gasteiger partial charge in [-0.2, -0.15) is 0 Å². The SMILES string of the molecule is CCOC(=O)c1[nH]c(I)c(Cl)c1C. The first kappa shape index (κ1) is 10.8. The molecule has 1 rings (SSSR count). The van der Waals surface area contributed by atoms with Gasteiger partial charge in [-0.3, -0.25) is 0 Å². The quantitative estimate of drug-likeness (QED) is 0.674. The van der Waals surface area contributed by atoms with Gasteiger partial charge in [0.05, 0.1) is 15.3 Å². The number of esters is 1. The molecule has 0 amide bonds. The lowest BCUT2D eigenvalue weighted by atomic mass is 10.3. The maximum atomic E-state index is 11.3. The molecule has 0 radical (unpaired) electrons. The molecule has 0 saturated heterocycles. The molecule has 1 heterocycles. The van der Waals surface area contributed by atoms with Crippen LogP contribution in [0.2, 0.25) is 5.02 Å². The van der Waals surface area contributed by atoms with Crippen molar-refractivity contribution in [3.05, 3.63) is 20.0 Å². The van der Waals surface area contributed by atoms with Crippen LogP contribution >= 0.6 is 34.2 Å². The third-order valence-corrected chi connectivity index (χ3v) is 3.21. The predicted molar refractivity (Wildman–Crippen MR) is 59.2 cm³/mol. The van der Waals surface area contributed by atoms with Gasteiger partial charge in [-0.25, -0.2) is 4.79 Å². The number of hydrogen-bond donors (Lipinski definition) is 1. The Balaban J connectivity index is 3.01. The van der Waals surface area contributed by atoms with Crippen molar-refractivity contribution in [3.8, 4) is 0 Å². The number of hydrogen-bond acceptors (Lipinski definition) is 2. The summed E-state index contributed by atoms with van der Waals surface area (Å²) in [5.41, 5.74) is 1.18. The molecule has 0 atom stereocenters. The first-order valence-corrected chi connectivity index (χ1v) is 5.24. The Morgan fingerprint density at radius 1 is 1.69 bits per heavy atom. The number of rotatable bonds is 2. The van der Waals surface area contributed by atoms with Crippen LogP contribution in [0.15, 0.2) is 0 Å². The van der Waals surface area contributed by atoms with Crippen molar-refractivity contribution >= 4 is 40.2 Å². The van der Waals surface area contributed by atoms with E-state index in [1.54, 1.807) is 13.8 Å². The van der Waals surface area contributed by atoms with Crippen molar-refractivity contribution in [2.75, 3.05) is 6.61 Å².